The molecule has 1 aromatic heterocycles. The molecule has 7 nitrogen and oxygen atoms in total. The summed E-state index contributed by atoms with van der Waals surface area (Å²) in [4.78, 5) is 12.2. The van der Waals surface area contributed by atoms with Crippen LogP contribution in [0.4, 0.5) is 0 Å². The number of phenols is 1. The number of aliphatic hydroxyl groups is 3. The van der Waals surface area contributed by atoms with Crippen LogP contribution < -0.4 is 10.2 Å². The zero-order valence-corrected chi connectivity index (χ0v) is 13.7. The largest absolute Gasteiger partial charge is 0.504 e. The molecule has 2 aromatic rings. The van der Waals surface area contributed by atoms with E-state index in [0.29, 0.717) is 24.4 Å². The topological polar surface area (TPSA) is 120 Å². The SMILES string of the molecule is COc1ccc(CCc2cc(=O)c3c(o2)CC(O)C(O)C3O)cc1O. The van der Waals surface area contributed by atoms with Crippen LogP contribution in [0.5, 0.6) is 11.5 Å². The van der Waals surface area contributed by atoms with Crippen LogP contribution in [0.25, 0.3) is 0 Å². The molecule has 1 heterocycles. The van der Waals surface area contributed by atoms with Crippen molar-refractivity contribution in [1.82, 2.24) is 0 Å². The highest BCUT2D eigenvalue weighted by molar-refractivity contribution is 5.41. The number of rotatable bonds is 4. The molecule has 7 heteroatoms. The molecule has 0 bridgehead atoms. The summed E-state index contributed by atoms with van der Waals surface area (Å²) in [7, 11) is 1.47. The van der Waals surface area contributed by atoms with Crippen molar-refractivity contribution in [2.45, 2.75) is 37.6 Å². The van der Waals surface area contributed by atoms with Gasteiger partial charge in [-0.1, -0.05) is 6.07 Å². The Kier molecular flexibility index (Phi) is 4.80. The quantitative estimate of drug-likeness (QED) is 0.633. The van der Waals surface area contributed by atoms with E-state index in [1.165, 1.54) is 13.2 Å². The Labute approximate surface area is 143 Å². The fourth-order valence-corrected chi connectivity index (χ4v) is 3.04. The van der Waals surface area contributed by atoms with Gasteiger partial charge in [-0.05, 0) is 24.1 Å². The van der Waals surface area contributed by atoms with Crippen molar-refractivity contribution in [2.24, 2.45) is 0 Å². The van der Waals surface area contributed by atoms with Gasteiger partial charge in [0.25, 0.3) is 0 Å². The maximum Gasteiger partial charge on any atom is 0.191 e. The molecule has 3 unspecified atom stereocenters. The number of phenolic OH excluding ortho intramolecular Hbond substituents is 1. The minimum atomic E-state index is -1.46. The summed E-state index contributed by atoms with van der Waals surface area (Å²) in [5, 5.41) is 39.2. The summed E-state index contributed by atoms with van der Waals surface area (Å²) in [5.41, 5.74) is 0.421. The van der Waals surface area contributed by atoms with Gasteiger partial charge in [-0.15, -0.1) is 0 Å². The Morgan fingerprint density at radius 1 is 1.20 bits per heavy atom. The van der Waals surface area contributed by atoms with E-state index in [4.69, 9.17) is 9.15 Å². The number of benzene rings is 1. The molecule has 0 aliphatic heterocycles. The third-order valence-corrected chi connectivity index (χ3v) is 4.42. The van der Waals surface area contributed by atoms with Gasteiger partial charge in [0.05, 0.1) is 18.8 Å². The molecule has 1 aromatic carbocycles. The third-order valence-electron chi connectivity index (χ3n) is 4.42. The number of hydrogen-bond donors (Lipinski definition) is 4. The van der Waals surface area contributed by atoms with Crippen molar-refractivity contribution in [2.75, 3.05) is 7.11 Å². The smallest absolute Gasteiger partial charge is 0.191 e. The first-order valence-electron chi connectivity index (χ1n) is 7.96. The molecule has 0 fully saturated rings. The highest BCUT2D eigenvalue weighted by atomic mass is 16.5. The van der Waals surface area contributed by atoms with Crippen molar-refractivity contribution in [3.05, 3.63) is 57.1 Å². The fourth-order valence-electron chi connectivity index (χ4n) is 3.04. The van der Waals surface area contributed by atoms with E-state index in [-0.39, 0.29) is 23.5 Å². The van der Waals surface area contributed by atoms with Gasteiger partial charge in [-0.25, -0.2) is 0 Å². The normalized spacial score (nSPS) is 22.5. The number of methoxy groups -OCH3 is 1. The highest BCUT2D eigenvalue weighted by Crippen LogP contribution is 2.29. The molecule has 134 valence electrons. The van der Waals surface area contributed by atoms with Crippen molar-refractivity contribution in [3.63, 3.8) is 0 Å². The standard InChI is InChI=1S/C18H20O7/c1-24-14-5-3-9(6-11(14)19)2-4-10-7-12(20)16-15(25-10)8-13(21)17(22)18(16)23/h3,5-7,13,17-19,21-23H,2,4,8H2,1H3. The Morgan fingerprint density at radius 2 is 1.96 bits per heavy atom. The van der Waals surface area contributed by atoms with E-state index in [1.807, 2.05) is 0 Å². The van der Waals surface area contributed by atoms with Crippen molar-refractivity contribution < 1.29 is 29.6 Å². The predicted octanol–water partition coefficient (Wildman–Crippen LogP) is 0.450. The van der Waals surface area contributed by atoms with Gasteiger partial charge in [0.15, 0.2) is 16.9 Å². The lowest BCUT2D eigenvalue weighted by molar-refractivity contribution is -0.0732. The Bertz CT molecular complexity index is 827. The lowest BCUT2D eigenvalue weighted by atomic mass is 9.89. The molecule has 0 spiro atoms. The van der Waals surface area contributed by atoms with Gasteiger partial charge < -0.3 is 29.6 Å². The summed E-state index contributed by atoms with van der Waals surface area (Å²) in [6, 6.07) is 6.33. The van der Waals surface area contributed by atoms with E-state index in [2.05, 4.69) is 0 Å². The molecule has 0 radical (unpaired) electrons. The number of ether oxygens (including phenoxy) is 1. The molecule has 0 saturated heterocycles. The van der Waals surface area contributed by atoms with E-state index in [1.54, 1.807) is 18.2 Å². The first-order chi connectivity index (χ1) is 11.9. The Balaban J connectivity index is 1.81. The van der Waals surface area contributed by atoms with E-state index >= 15 is 0 Å². The summed E-state index contributed by atoms with van der Waals surface area (Å²) in [6.07, 6.45) is -3.14. The Morgan fingerprint density at radius 3 is 2.64 bits per heavy atom. The van der Waals surface area contributed by atoms with Crippen LogP contribution in [0.3, 0.4) is 0 Å². The summed E-state index contributed by atoms with van der Waals surface area (Å²) in [5.74, 6) is 1.03. The average Bonchev–Trinajstić information content (AvgIpc) is 2.57. The summed E-state index contributed by atoms with van der Waals surface area (Å²) >= 11 is 0. The second-order valence-electron chi connectivity index (χ2n) is 6.13. The molecule has 0 amide bonds. The minimum absolute atomic E-state index is 0.00337. The number of aromatic hydroxyl groups is 1. The average molecular weight is 348 g/mol. The van der Waals surface area contributed by atoms with Crippen molar-refractivity contribution in [1.29, 1.82) is 0 Å². The molecule has 1 aliphatic carbocycles. The fraction of sp³-hybridized carbons (Fsp3) is 0.389. The summed E-state index contributed by atoms with van der Waals surface area (Å²) in [6.45, 7) is 0. The van der Waals surface area contributed by atoms with Gasteiger partial charge >= 0.3 is 0 Å². The number of fused-ring (bicyclic) bond motifs is 1. The van der Waals surface area contributed by atoms with Crippen LogP contribution >= 0.6 is 0 Å². The minimum Gasteiger partial charge on any atom is -0.504 e. The second-order valence-corrected chi connectivity index (χ2v) is 6.13. The van der Waals surface area contributed by atoms with E-state index < -0.39 is 23.7 Å². The van der Waals surface area contributed by atoms with Crippen LogP contribution in [-0.4, -0.2) is 39.7 Å². The van der Waals surface area contributed by atoms with Crippen molar-refractivity contribution in [3.8, 4) is 11.5 Å². The molecule has 25 heavy (non-hydrogen) atoms. The van der Waals surface area contributed by atoms with Gasteiger partial charge in [0.2, 0.25) is 0 Å². The number of aryl methyl sites for hydroxylation is 2. The van der Waals surface area contributed by atoms with Crippen LogP contribution in [-0.2, 0) is 19.3 Å². The van der Waals surface area contributed by atoms with Gasteiger partial charge in [0.1, 0.15) is 23.7 Å². The lowest BCUT2D eigenvalue weighted by Gasteiger charge is -2.29. The first-order valence-corrected chi connectivity index (χ1v) is 7.96. The summed E-state index contributed by atoms with van der Waals surface area (Å²) < 4.78 is 10.6. The molecule has 3 rings (SSSR count). The molecular formula is C18H20O7. The van der Waals surface area contributed by atoms with Gasteiger partial charge in [0, 0.05) is 18.9 Å². The van der Waals surface area contributed by atoms with Crippen LogP contribution in [0.2, 0.25) is 0 Å². The molecular weight excluding hydrogens is 328 g/mol. The second kappa shape index (κ2) is 6.87. The first kappa shape index (κ1) is 17.5. The van der Waals surface area contributed by atoms with Crippen LogP contribution in [0.1, 0.15) is 28.8 Å². The molecule has 1 aliphatic rings. The zero-order valence-electron chi connectivity index (χ0n) is 13.7. The number of aliphatic hydroxyl groups excluding tert-OH is 3. The van der Waals surface area contributed by atoms with Crippen molar-refractivity contribution >= 4 is 0 Å². The number of hydrogen-bond acceptors (Lipinski definition) is 7. The lowest BCUT2D eigenvalue weighted by Crippen LogP contribution is -2.41. The monoisotopic (exact) mass is 348 g/mol. The van der Waals surface area contributed by atoms with Gasteiger partial charge in [-0.2, -0.15) is 0 Å². The third kappa shape index (κ3) is 3.39. The highest BCUT2D eigenvalue weighted by Gasteiger charge is 2.36. The Hall–Kier alpha value is -2.35. The maximum absolute atomic E-state index is 12.2. The molecule has 3 atom stereocenters. The predicted molar refractivity (Wildman–Crippen MR) is 87.7 cm³/mol. The zero-order chi connectivity index (χ0) is 18.1. The van der Waals surface area contributed by atoms with E-state index in [9.17, 15) is 25.2 Å². The maximum atomic E-state index is 12.2. The molecule has 0 saturated carbocycles. The van der Waals surface area contributed by atoms with E-state index in [0.717, 1.165) is 5.56 Å². The van der Waals surface area contributed by atoms with Crippen LogP contribution in [0.15, 0.2) is 33.5 Å². The van der Waals surface area contributed by atoms with Crippen LogP contribution in [0, 0.1) is 0 Å². The van der Waals surface area contributed by atoms with Gasteiger partial charge in [-0.3, -0.25) is 4.79 Å². The molecule has 4 N–H and O–H groups in total.